The molecule has 1 aromatic heterocycles. The number of carbonyl (C=O) groups is 1. The Morgan fingerprint density at radius 1 is 1.48 bits per heavy atom. The topological polar surface area (TPSA) is 69.0 Å². The molecule has 0 spiro atoms. The fourth-order valence-electron chi connectivity index (χ4n) is 1.92. The third-order valence-electron chi connectivity index (χ3n) is 2.99. The fourth-order valence-corrected chi connectivity index (χ4v) is 2.62. The van der Waals surface area contributed by atoms with Gasteiger partial charge in [0.1, 0.15) is 12.1 Å². The molecule has 1 amide bonds. The number of nitrogens with zero attached hydrogens (tertiary/aromatic N) is 3. The number of methoxy groups -OCH3 is 1. The molecule has 7 heteroatoms. The molecule has 0 radical (unpaired) electrons. The first kappa shape index (κ1) is 15.4. The van der Waals surface area contributed by atoms with Gasteiger partial charge in [0.25, 0.3) is 0 Å². The lowest BCUT2D eigenvalue weighted by atomic mass is 10.1. The smallest absolute Gasteiger partial charge is 0.230 e. The molecular weight excluding hydrogens is 288 g/mol. The molecule has 21 heavy (non-hydrogen) atoms. The fraction of sp³-hybridized carbons (Fsp3) is 0.357. The lowest BCUT2D eigenvalue weighted by molar-refractivity contribution is -0.119. The third-order valence-corrected chi connectivity index (χ3v) is 4.02. The summed E-state index contributed by atoms with van der Waals surface area (Å²) in [4.78, 5) is 12.0. The van der Waals surface area contributed by atoms with Crippen molar-refractivity contribution in [3.8, 4) is 5.75 Å². The van der Waals surface area contributed by atoms with Crippen molar-refractivity contribution in [2.75, 3.05) is 12.9 Å². The summed E-state index contributed by atoms with van der Waals surface area (Å²) in [5.74, 6) is 1.01. The van der Waals surface area contributed by atoms with E-state index in [2.05, 4.69) is 15.5 Å². The summed E-state index contributed by atoms with van der Waals surface area (Å²) in [6.45, 7) is 1.93. The van der Waals surface area contributed by atoms with Crippen LogP contribution in [0.4, 0.5) is 0 Å². The first-order valence-electron chi connectivity index (χ1n) is 6.51. The molecule has 1 atom stereocenters. The average molecular weight is 306 g/mol. The number of nitrogens with one attached hydrogen (secondary N) is 1. The van der Waals surface area contributed by atoms with Gasteiger partial charge in [-0.2, -0.15) is 0 Å². The Hall–Kier alpha value is -2.02. The van der Waals surface area contributed by atoms with E-state index in [1.165, 1.54) is 11.8 Å². The average Bonchev–Trinajstić information content (AvgIpc) is 2.90. The van der Waals surface area contributed by atoms with Crippen LogP contribution >= 0.6 is 11.8 Å². The number of aryl methyl sites for hydroxylation is 1. The van der Waals surface area contributed by atoms with Crippen molar-refractivity contribution in [1.82, 2.24) is 20.1 Å². The van der Waals surface area contributed by atoms with Gasteiger partial charge in [0.05, 0.1) is 18.9 Å². The molecule has 0 aliphatic rings. The number of ether oxygens (including phenoxy) is 1. The lowest BCUT2D eigenvalue weighted by Gasteiger charge is -2.17. The van der Waals surface area contributed by atoms with E-state index in [1.54, 1.807) is 18.0 Å². The number of amides is 1. The van der Waals surface area contributed by atoms with Gasteiger partial charge in [-0.15, -0.1) is 10.2 Å². The van der Waals surface area contributed by atoms with Crippen molar-refractivity contribution in [3.05, 3.63) is 36.2 Å². The Morgan fingerprint density at radius 2 is 2.24 bits per heavy atom. The zero-order valence-electron chi connectivity index (χ0n) is 12.2. The van der Waals surface area contributed by atoms with E-state index >= 15 is 0 Å². The monoisotopic (exact) mass is 306 g/mol. The van der Waals surface area contributed by atoms with Crippen molar-refractivity contribution in [2.45, 2.75) is 18.1 Å². The number of benzene rings is 1. The summed E-state index contributed by atoms with van der Waals surface area (Å²) in [6, 6.07) is 7.54. The van der Waals surface area contributed by atoms with E-state index in [-0.39, 0.29) is 11.9 Å². The van der Waals surface area contributed by atoms with Crippen molar-refractivity contribution in [3.63, 3.8) is 0 Å². The van der Waals surface area contributed by atoms with Crippen LogP contribution in [0.25, 0.3) is 0 Å². The van der Waals surface area contributed by atoms with Gasteiger partial charge in [0.2, 0.25) is 5.91 Å². The molecular formula is C14H18N4O2S. The molecule has 6 nitrogen and oxygen atoms in total. The van der Waals surface area contributed by atoms with Gasteiger partial charge in [-0.05, 0) is 13.0 Å². The van der Waals surface area contributed by atoms with Gasteiger partial charge < -0.3 is 14.6 Å². The second kappa shape index (κ2) is 7.12. The Labute approximate surface area is 127 Å². The zero-order valence-corrected chi connectivity index (χ0v) is 13.1. The molecule has 1 N–H and O–H groups in total. The highest BCUT2D eigenvalue weighted by atomic mass is 32.2. The first-order valence-corrected chi connectivity index (χ1v) is 7.49. The molecule has 0 saturated carbocycles. The molecule has 0 fully saturated rings. The van der Waals surface area contributed by atoms with E-state index in [0.29, 0.717) is 5.75 Å². The number of thioether (sulfide) groups is 1. The second-order valence-electron chi connectivity index (χ2n) is 4.54. The summed E-state index contributed by atoms with van der Waals surface area (Å²) in [7, 11) is 3.47. The second-order valence-corrected chi connectivity index (χ2v) is 5.49. The van der Waals surface area contributed by atoms with Crippen LogP contribution in [-0.2, 0) is 11.8 Å². The largest absolute Gasteiger partial charge is 0.496 e. The van der Waals surface area contributed by atoms with Crippen molar-refractivity contribution in [1.29, 1.82) is 0 Å². The minimum absolute atomic E-state index is 0.0543. The van der Waals surface area contributed by atoms with E-state index in [1.807, 2.05) is 38.2 Å². The van der Waals surface area contributed by atoms with Gasteiger partial charge in [-0.3, -0.25) is 4.79 Å². The van der Waals surface area contributed by atoms with Gasteiger partial charge in [0.15, 0.2) is 5.16 Å². The van der Waals surface area contributed by atoms with Gasteiger partial charge in [-0.1, -0.05) is 30.0 Å². The van der Waals surface area contributed by atoms with Gasteiger partial charge in [-0.25, -0.2) is 0 Å². The minimum atomic E-state index is -0.117. The number of hydrogen-bond donors (Lipinski definition) is 1. The van der Waals surface area contributed by atoms with Gasteiger partial charge >= 0.3 is 0 Å². The first-order chi connectivity index (χ1) is 10.1. The molecule has 0 saturated heterocycles. The highest BCUT2D eigenvalue weighted by Gasteiger charge is 2.14. The van der Waals surface area contributed by atoms with E-state index < -0.39 is 0 Å². The molecule has 2 aromatic rings. The summed E-state index contributed by atoms with van der Waals surface area (Å²) >= 11 is 1.36. The highest BCUT2D eigenvalue weighted by Crippen LogP contribution is 2.24. The van der Waals surface area contributed by atoms with E-state index in [4.69, 9.17) is 4.74 Å². The van der Waals surface area contributed by atoms with Gasteiger partial charge in [0, 0.05) is 12.6 Å². The van der Waals surface area contributed by atoms with Crippen LogP contribution in [-0.4, -0.2) is 33.5 Å². The van der Waals surface area contributed by atoms with E-state index in [0.717, 1.165) is 16.5 Å². The van der Waals surface area contributed by atoms with Crippen LogP contribution in [0.3, 0.4) is 0 Å². The summed E-state index contributed by atoms with van der Waals surface area (Å²) < 4.78 is 7.08. The van der Waals surface area contributed by atoms with Crippen LogP contribution in [0.15, 0.2) is 35.7 Å². The van der Waals surface area contributed by atoms with Crippen LogP contribution in [0.1, 0.15) is 18.5 Å². The SMILES string of the molecule is COc1ccccc1C(C)NC(=O)CSc1nncn1C. The molecule has 1 unspecified atom stereocenters. The standard InChI is InChI=1S/C14H18N4O2S/c1-10(11-6-4-5-7-12(11)20-3)16-13(19)8-21-14-17-15-9-18(14)2/h4-7,9-10H,8H2,1-3H3,(H,16,19). The third kappa shape index (κ3) is 3.98. The number of aromatic nitrogens is 3. The zero-order chi connectivity index (χ0) is 15.2. The molecule has 1 aromatic carbocycles. The number of carbonyl (C=O) groups excluding carboxylic acids is 1. The maximum Gasteiger partial charge on any atom is 0.230 e. The predicted octanol–water partition coefficient (Wildman–Crippen LogP) is 1.79. The van der Waals surface area contributed by atoms with Crippen LogP contribution in [0.2, 0.25) is 0 Å². The lowest BCUT2D eigenvalue weighted by Crippen LogP contribution is -2.28. The van der Waals surface area contributed by atoms with E-state index in [9.17, 15) is 4.79 Å². The van der Waals surface area contributed by atoms with Crippen molar-refractivity contribution < 1.29 is 9.53 Å². The highest BCUT2D eigenvalue weighted by molar-refractivity contribution is 7.99. The van der Waals surface area contributed by atoms with Crippen molar-refractivity contribution >= 4 is 17.7 Å². The maximum atomic E-state index is 12.0. The molecule has 0 aliphatic heterocycles. The summed E-state index contributed by atoms with van der Waals surface area (Å²) in [5, 5.41) is 11.4. The Balaban J connectivity index is 1.91. The summed E-state index contributed by atoms with van der Waals surface area (Å²) in [5.41, 5.74) is 0.956. The Morgan fingerprint density at radius 3 is 2.90 bits per heavy atom. The maximum absolute atomic E-state index is 12.0. The molecule has 112 valence electrons. The molecule has 0 aliphatic carbocycles. The number of hydrogen-bond acceptors (Lipinski definition) is 5. The quantitative estimate of drug-likeness (QED) is 0.824. The minimum Gasteiger partial charge on any atom is -0.496 e. The van der Waals surface area contributed by atoms with Crippen LogP contribution in [0.5, 0.6) is 5.75 Å². The number of para-hydroxylation sites is 1. The Bertz CT molecular complexity index is 615. The molecule has 0 bridgehead atoms. The predicted molar refractivity (Wildman–Crippen MR) is 81.3 cm³/mol. The summed E-state index contributed by atoms with van der Waals surface area (Å²) in [6.07, 6.45) is 1.61. The van der Waals surface area contributed by atoms with Crippen LogP contribution in [0, 0.1) is 0 Å². The normalized spacial score (nSPS) is 12.0. The van der Waals surface area contributed by atoms with Crippen molar-refractivity contribution in [2.24, 2.45) is 7.05 Å². The number of rotatable bonds is 6. The molecule has 2 rings (SSSR count). The Kier molecular flexibility index (Phi) is 5.21. The van der Waals surface area contributed by atoms with Crippen LogP contribution < -0.4 is 10.1 Å². The molecule has 1 heterocycles.